The van der Waals surface area contributed by atoms with Crippen LogP contribution in [-0.2, 0) is 16.7 Å². The molecule has 0 aliphatic rings. The van der Waals surface area contributed by atoms with Crippen molar-refractivity contribution in [3.63, 3.8) is 0 Å². The molecule has 1 aromatic carbocycles. The Bertz CT molecular complexity index is 405. The van der Waals surface area contributed by atoms with Crippen LogP contribution in [0.3, 0.4) is 0 Å². The molecule has 0 saturated heterocycles. The Morgan fingerprint density at radius 3 is 2.57 bits per heavy atom. The summed E-state index contributed by atoms with van der Waals surface area (Å²) in [4.78, 5) is -0.322. The quantitative estimate of drug-likeness (QED) is 0.754. The molecule has 0 bridgehead atoms. The Morgan fingerprint density at radius 1 is 1.50 bits per heavy atom. The van der Waals surface area contributed by atoms with Gasteiger partial charge < -0.3 is 4.74 Å². The molecule has 0 aliphatic heterocycles. The Morgan fingerprint density at radius 2 is 2.14 bits per heavy atom. The van der Waals surface area contributed by atoms with E-state index in [0.29, 0.717) is 0 Å². The first-order valence-corrected chi connectivity index (χ1v) is 5.22. The highest BCUT2D eigenvalue weighted by Crippen LogP contribution is 2.26. The number of ether oxygens (including phenoxy) is 1. The summed E-state index contributed by atoms with van der Waals surface area (Å²) in [7, 11) is -3.03. The first-order chi connectivity index (χ1) is 6.50. The monoisotopic (exact) mass is 216 g/mol. The van der Waals surface area contributed by atoms with Crippen LogP contribution in [0, 0.1) is 0 Å². The van der Waals surface area contributed by atoms with Gasteiger partial charge in [-0.15, -0.1) is 0 Å². The molecule has 0 aliphatic carbocycles. The Kier molecular flexibility index (Phi) is 3.10. The normalized spacial score (nSPS) is 11.4. The molecule has 77 valence electrons. The van der Waals surface area contributed by atoms with Crippen LogP contribution < -0.4 is 10.5 Å². The van der Waals surface area contributed by atoms with Gasteiger partial charge in [-0.25, -0.2) is 0 Å². The third-order valence-electron chi connectivity index (χ3n) is 1.73. The molecule has 5 nitrogen and oxygen atoms in total. The molecule has 0 unspecified atom stereocenters. The highest BCUT2D eigenvalue weighted by Gasteiger charge is 2.20. The van der Waals surface area contributed by atoms with Crippen molar-refractivity contribution >= 4 is 10.1 Å². The van der Waals surface area contributed by atoms with Crippen molar-refractivity contribution in [3.8, 4) is 5.75 Å². The zero-order chi connectivity index (χ0) is 10.8. The van der Waals surface area contributed by atoms with Gasteiger partial charge in [0.1, 0.15) is 10.6 Å². The minimum atomic E-state index is -4.33. The van der Waals surface area contributed by atoms with E-state index >= 15 is 0 Å². The van der Waals surface area contributed by atoms with E-state index in [1.165, 1.54) is 19.2 Å². The summed E-state index contributed by atoms with van der Waals surface area (Å²) in [6.45, 7) is -0.230. The van der Waals surface area contributed by atoms with Gasteiger partial charge >= 0.3 is 0 Å². The summed E-state index contributed by atoms with van der Waals surface area (Å²) < 4.78 is 35.7. The van der Waals surface area contributed by atoms with Crippen LogP contribution in [0.15, 0.2) is 23.1 Å². The average molecular weight is 216 g/mol. The predicted molar refractivity (Wildman–Crippen MR) is 49.6 cm³/mol. The summed E-state index contributed by atoms with van der Waals surface area (Å²) in [5.74, 6) is 0.0530. The van der Waals surface area contributed by atoms with E-state index in [1.807, 2.05) is 0 Å². The fraction of sp³-hybridized carbons (Fsp3) is 0.250. The van der Waals surface area contributed by atoms with E-state index < -0.39 is 10.1 Å². The lowest BCUT2D eigenvalue weighted by atomic mass is 10.2. The highest BCUT2D eigenvalue weighted by atomic mass is 32.2. The SMILES string of the molecule is COc1cccc(C[NH])c1S(=O)(=O)O. The molecule has 2 N–H and O–H groups in total. The molecule has 1 radical (unpaired) electrons. The molecule has 1 aromatic rings. The smallest absolute Gasteiger partial charge is 0.298 e. The molecule has 6 heteroatoms. The van der Waals surface area contributed by atoms with Crippen LogP contribution in [-0.4, -0.2) is 20.1 Å². The van der Waals surface area contributed by atoms with Crippen LogP contribution in [0.1, 0.15) is 5.56 Å². The van der Waals surface area contributed by atoms with Crippen molar-refractivity contribution < 1.29 is 17.7 Å². The van der Waals surface area contributed by atoms with Gasteiger partial charge in [-0.05, 0) is 11.6 Å². The van der Waals surface area contributed by atoms with Gasteiger partial charge in [0, 0.05) is 6.54 Å². The molecule has 0 amide bonds. The standard InChI is InChI=1S/C8H10NO4S/c1-13-7-4-2-3-6(5-9)8(7)14(10,11)12/h2-4,9H,5H2,1H3,(H,10,11,12). The van der Waals surface area contributed by atoms with E-state index in [2.05, 4.69) is 0 Å². The van der Waals surface area contributed by atoms with Gasteiger partial charge in [-0.3, -0.25) is 10.3 Å². The van der Waals surface area contributed by atoms with Crippen molar-refractivity contribution in [1.29, 1.82) is 0 Å². The van der Waals surface area contributed by atoms with Gasteiger partial charge in [-0.1, -0.05) is 12.1 Å². The lowest BCUT2D eigenvalue weighted by molar-refractivity contribution is 0.396. The molecular weight excluding hydrogens is 206 g/mol. The maximum Gasteiger partial charge on any atom is 0.298 e. The minimum Gasteiger partial charge on any atom is -0.495 e. The van der Waals surface area contributed by atoms with Gasteiger partial charge in [-0.2, -0.15) is 8.42 Å². The lowest BCUT2D eigenvalue weighted by Crippen LogP contribution is -2.06. The molecule has 0 fully saturated rings. The third kappa shape index (κ3) is 2.03. The number of hydrogen-bond donors (Lipinski definition) is 1. The summed E-state index contributed by atoms with van der Waals surface area (Å²) in [5.41, 5.74) is 7.32. The van der Waals surface area contributed by atoms with E-state index in [4.69, 9.17) is 15.0 Å². The van der Waals surface area contributed by atoms with Crippen molar-refractivity contribution in [1.82, 2.24) is 5.73 Å². The first-order valence-electron chi connectivity index (χ1n) is 3.78. The van der Waals surface area contributed by atoms with Crippen LogP contribution in [0.4, 0.5) is 0 Å². The summed E-state index contributed by atoms with van der Waals surface area (Å²) in [5, 5.41) is 0. The van der Waals surface area contributed by atoms with Crippen LogP contribution >= 0.6 is 0 Å². The maximum atomic E-state index is 11.0. The Labute approximate surface area is 82.2 Å². The third-order valence-corrected chi connectivity index (χ3v) is 2.71. The van der Waals surface area contributed by atoms with Crippen LogP contribution in [0.5, 0.6) is 5.75 Å². The zero-order valence-corrected chi connectivity index (χ0v) is 8.34. The molecule has 0 atom stereocenters. The van der Waals surface area contributed by atoms with Crippen molar-refractivity contribution in [2.24, 2.45) is 0 Å². The van der Waals surface area contributed by atoms with E-state index in [1.54, 1.807) is 6.07 Å². The largest absolute Gasteiger partial charge is 0.495 e. The van der Waals surface area contributed by atoms with Crippen LogP contribution in [0.2, 0.25) is 0 Å². The van der Waals surface area contributed by atoms with Crippen molar-refractivity contribution in [2.75, 3.05) is 7.11 Å². The minimum absolute atomic E-state index is 0.0530. The van der Waals surface area contributed by atoms with Gasteiger partial charge in [0.25, 0.3) is 10.1 Å². The molecule has 0 spiro atoms. The fourth-order valence-electron chi connectivity index (χ4n) is 1.15. The summed E-state index contributed by atoms with van der Waals surface area (Å²) in [6.07, 6.45) is 0. The van der Waals surface area contributed by atoms with Gasteiger partial charge in [0.15, 0.2) is 0 Å². The summed E-state index contributed by atoms with van der Waals surface area (Å²) >= 11 is 0. The van der Waals surface area contributed by atoms with Crippen LogP contribution in [0.25, 0.3) is 0 Å². The summed E-state index contributed by atoms with van der Waals surface area (Å²) in [6, 6.07) is 4.44. The van der Waals surface area contributed by atoms with Crippen molar-refractivity contribution in [3.05, 3.63) is 23.8 Å². The predicted octanol–water partition coefficient (Wildman–Crippen LogP) is 0.725. The topological polar surface area (TPSA) is 87.4 Å². The second-order valence-electron chi connectivity index (χ2n) is 2.60. The fourth-order valence-corrected chi connectivity index (χ4v) is 2.03. The number of rotatable bonds is 3. The molecule has 0 aromatic heterocycles. The average Bonchev–Trinajstić information content (AvgIpc) is 2.15. The Balaban J connectivity index is 3.50. The van der Waals surface area contributed by atoms with E-state index in [9.17, 15) is 8.42 Å². The number of methoxy groups -OCH3 is 1. The maximum absolute atomic E-state index is 11.0. The second-order valence-corrected chi connectivity index (χ2v) is 3.96. The second kappa shape index (κ2) is 3.95. The van der Waals surface area contributed by atoms with E-state index in [0.717, 1.165) is 0 Å². The van der Waals surface area contributed by atoms with Gasteiger partial charge in [0.2, 0.25) is 0 Å². The highest BCUT2D eigenvalue weighted by molar-refractivity contribution is 7.86. The lowest BCUT2D eigenvalue weighted by Gasteiger charge is -2.09. The van der Waals surface area contributed by atoms with Gasteiger partial charge in [0.05, 0.1) is 7.11 Å². The number of nitrogens with one attached hydrogen (secondary N) is 1. The number of hydrogen-bond acceptors (Lipinski definition) is 3. The molecule has 1 rings (SSSR count). The van der Waals surface area contributed by atoms with E-state index in [-0.39, 0.29) is 22.8 Å². The number of benzene rings is 1. The Hall–Kier alpha value is -1.11. The molecule has 14 heavy (non-hydrogen) atoms. The molecule has 0 saturated carbocycles. The molecule has 0 heterocycles. The molecular formula is C8H10NO4S. The van der Waals surface area contributed by atoms with Crippen molar-refractivity contribution in [2.45, 2.75) is 11.4 Å². The zero-order valence-electron chi connectivity index (χ0n) is 7.52. The first kappa shape index (κ1) is 11.0.